The number of urea groups is 1. The highest BCUT2D eigenvalue weighted by Gasteiger charge is 2.47. The molecule has 1 rings (SSSR count). The monoisotopic (exact) mass is 228 g/mol. The second-order valence-corrected chi connectivity index (χ2v) is 6.20. The Morgan fingerprint density at radius 1 is 1.19 bits per heavy atom. The average Bonchev–Trinajstić information content (AvgIpc) is 1.96. The summed E-state index contributed by atoms with van der Waals surface area (Å²) in [6.07, 6.45) is 0.947. The van der Waals surface area contributed by atoms with Gasteiger partial charge in [0.2, 0.25) is 0 Å². The number of aliphatic hydroxyl groups excluding tert-OH is 1. The summed E-state index contributed by atoms with van der Waals surface area (Å²) in [5, 5.41) is 9.87. The zero-order valence-electron chi connectivity index (χ0n) is 11.2. The Morgan fingerprint density at radius 2 is 1.56 bits per heavy atom. The van der Waals surface area contributed by atoms with E-state index in [0.717, 1.165) is 0 Å². The number of carbonyl (C=O) groups excluding carboxylic acids is 1. The van der Waals surface area contributed by atoms with Gasteiger partial charge in [0, 0.05) is 25.2 Å². The first-order valence-electron chi connectivity index (χ1n) is 5.77. The van der Waals surface area contributed by atoms with Gasteiger partial charge in [-0.05, 0) is 40.5 Å². The van der Waals surface area contributed by atoms with E-state index in [-0.39, 0.29) is 23.2 Å². The highest BCUT2D eigenvalue weighted by Crippen LogP contribution is 2.38. The molecule has 94 valence electrons. The molecule has 0 unspecified atom stereocenters. The van der Waals surface area contributed by atoms with Crippen molar-refractivity contribution in [2.45, 2.75) is 57.7 Å². The van der Waals surface area contributed by atoms with Crippen LogP contribution in [-0.2, 0) is 0 Å². The topological polar surface area (TPSA) is 43.8 Å². The van der Waals surface area contributed by atoms with Gasteiger partial charge in [-0.3, -0.25) is 0 Å². The summed E-state index contributed by atoms with van der Waals surface area (Å²) < 4.78 is 0. The standard InChI is InChI=1S/C12H24N2O2/c1-11(2)7-9(15)8-12(3,4)14(11)10(16)13(5)6/h9,15H,7-8H2,1-6H3. The molecule has 1 heterocycles. The minimum atomic E-state index is -0.323. The highest BCUT2D eigenvalue weighted by molar-refractivity contribution is 5.75. The summed E-state index contributed by atoms with van der Waals surface area (Å²) in [4.78, 5) is 15.7. The molecule has 1 N–H and O–H groups in total. The minimum absolute atomic E-state index is 0.0156. The molecule has 0 radical (unpaired) electrons. The van der Waals surface area contributed by atoms with Crippen molar-refractivity contribution in [3.05, 3.63) is 0 Å². The fraction of sp³-hybridized carbons (Fsp3) is 0.917. The Balaban J connectivity index is 3.06. The van der Waals surface area contributed by atoms with Crippen LogP contribution in [0.15, 0.2) is 0 Å². The molecule has 0 aliphatic carbocycles. The number of nitrogens with zero attached hydrogens (tertiary/aromatic N) is 2. The molecule has 4 nitrogen and oxygen atoms in total. The summed E-state index contributed by atoms with van der Waals surface area (Å²) in [6, 6.07) is 0.0156. The Labute approximate surface area is 98.2 Å². The Bertz CT molecular complexity index is 267. The lowest BCUT2D eigenvalue weighted by Gasteiger charge is -2.54. The number of hydrogen-bond acceptors (Lipinski definition) is 2. The van der Waals surface area contributed by atoms with Crippen molar-refractivity contribution in [1.29, 1.82) is 0 Å². The van der Waals surface area contributed by atoms with Crippen LogP contribution in [0.3, 0.4) is 0 Å². The molecular formula is C12H24N2O2. The van der Waals surface area contributed by atoms with Crippen LogP contribution in [0.2, 0.25) is 0 Å². The van der Waals surface area contributed by atoms with Crippen LogP contribution in [0.5, 0.6) is 0 Å². The summed E-state index contributed by atoms with van der Waals surface area (Å²) in [5.74, 6) is 0. The van der Waals surface area contributed by atoms with E-state index >= 15 is 0 Å². The molecule has 0 atom stereocenters. The van der Waals surface area contributed by atoms with Crippen molar-refractivity contribution in [2.24, 2.45) is 0 Å². The lowest BCUT2D eigenvalue weighted by atomic mass is 9.78. The molecule has 0 aromatic carbocycles. The number of rotatable bonds is 0. The molecule has 0 saturated carbocycles. The normalized spacial score (nSPS) is 24.3. The first-order chi connectivity index (χ1) is 7.08. The minimum Gasteiger partial charge on any atom is -0.393 e. The third kappa shape index (κ3) is 2.32. The first-order valence-corrected chi connectivity index (χ1v) is 5.77. The molecule has 1 fully saturated rings. The average molecular weight is 228 g/mol. The Kier molecular flexibility index (Phi) is 3.25. The van der Waals surface area contributed by atoms with Gasteiger partial charge < -0.3 is 14.9 Å². The summed E-state index contributed by atoms with van der Waals surface area (Å²) >= 11 is 0. The molecule has 4 heteroatoms. The fourth-order valence-electron chi connectivity index (χ4n) is 2.95. The van der Waals surface area contributed by atoms with Crippen molar-refractivity contribution in [1.82, 2.24) is 9.80 Å². The lowest BCUT2D eigenvalue weighted by molar-refractivity contribution is -0.0561. The number of piperidine rings is 1. The summed E-state index contributed by atoms with van der Waals surface area (Å²) in [7, 11) is 3.53. The second kappa shape index (κ2) is 3.91. The number of amides is 2. The molecule has 1 aliphatic rings. The fourth-order valence-corrected chi connectivity index (χ4v) is 2.95. The van der Waals surface area contributed by atoms with Crippen molar-refractivity contribution < 1.29 is 9.90 Å². The van der Waals surface area contributed by atoms with Crippen LogP contribution in [0.25, 0.3) is 0 Å². The molecule has 0 aromatic heterocycles. The van der Waals surface area contributed by atoms with Gasteiger partial charge in [-0.25, -0.2) is 4.79 Å². The van der Waals surface area contributed by atoms with E-state index in [0.29, 0.717) is 12.8 Å². The van der Waals surface area contributed by atoms with Crippen LogP contribution in [0.4, 0.5) is 4.79 Å². The lowest BCUT2D eigenvalue weighted by Crippen LogP contribution is -2.65. The Morgan fingerprint density at radius 3 is 1.88 bits per heavy atom. The zero-order valence-corrected chi connectivity index (χ0v) is 11.2. The van der Waals surface area contributed by atoms with Gasteiger partial charge in [-0.15, -0.1) is 0 Å². The molecule has 0 spiro atoms. The zero-order chi connectivity index (χ0) is 12.7. The predicted octanol–water partition coefficient (Wildman–Crippen LogP) is 1.68. The predicted molar refractivity (Wildman–Crippen MR) is 64.3 cm³/mol. The molecule has 2 amide bonds. The van der Waals surface area contributed by atoms with Crippen molar-refractivity contribution in [3.63, 3.8) is 0 Å². The molecule has 0 bridgehead atoms. The largest absolute Gasteiger partial charge is 0.393 e. The SMILES string of the molecule is CN(C)C(=O)N1C(C)(C)CC(O)CC1(C)C. The number of likely N-dealkylation sites (tertiary alicyclic amines) is 1. The van der Waals surface area contributed by atoms with Gasteiger partial charge in [0.25, 0.3) is 0 Å². The molecule has 16 heavy (non-hydrogen) atoms. The van der Waals surface area contributed by atoms with Gasteiger partial charge in [0.15, 0.2) is 0 Å². The van der Waals surface area contributed by atoms with E-state index in [1.807, 2.05) is 32.6 Å². The van der Waals surface area contributed by atoms with Gasteiger partial charge >= 0.3 is 6.03 Å². The molecule has 0 aromatic rings. The van der Waals surface area contributed by atoms with E-state index in [2.05, 4.69) is 0 Å². The van der Waals surface area contributed by atoms with E-state index in [1.165, 1.54) is 0 Å². The van der Waals surface area contributed by atoms with Crippen molar-refractivity contribution in [3.8, 4) is 0 Å². The van der Waals surface area contributed by atoms with Crippen molar-refractivity contribution in [2.75, 3.05) is 14.1 Å². The van der Waals surface area contributed by atoms with Crippen LogP contribution >= 0.6 is 0 Å². The molecule has 1 aliphatic heterocycles. The third-order valence-corrected chi connectivity index (χ3v) is 3.25. The van der Waals surface area contributed by atoms with E-state index in [9.17, 15) is 9.90 Å². The molecular weight excluding hydrogens is 204 g/mol. The van der Waals surface area contributed by atoms with Crippen LogP contribution in [-0.4, -0.2) is 52.2 Å². The van der Waals surface area contributed by atoms with Crippen LogP contribution < -0.4 is 0 Å². The number of carbonyl (C=O) groups is 1. The number of aliphatic hydroxyl groups is 1. The van der Waals surface area contributed by atoms with Gasteiger partial charge in [-0.2, -0.15) is 0 Å². The molecule has 1 saturated heterocycles. The summed E-state index contributed by atoms with van der Waals surface area (Å²) in [5.41, 5.74) is -0.606. The van der Waals surface area contributed by atoms with E-state index < -0.39 is 0 Å². The maximum absolute atomic E-state index is 12.2. The third-order valence-electron chi connectivity index (χ3n) is 3.25. The van der Waals surface area contributed by atoms with Gasteiger partial charge in [0.1, 0.15) is 0 Å². The second-order valence-electron chi connectivity index (χ2n) is 6.20. The highest BCUT2D eigenvalue weighted by atomic mass is 16.3. The van der Waals surface area contributed by atoms with E-state index in [1.54, 1.807) is 19.0 Å². The quantitative estimate of drug-likeness (QED) is 0.685. The van der Waals surface area contributed by atoms with Crippen molar-refractivity contribution >= 4 is 6.03 Å². The van der Waals surface area contributed by atoms with Crippen LogP contribution in [0, 0.1) is 0 Å². The van der Waals surface area contributed by atoms with Crippen LogP contribution in [0.1, 0.15) is 40.5 Å². The van der Waals surface area contributed by atoms with Gasteiger partial charge in [0.05, 0.1) is 6.10 Å². The summed E-state index contributed by atoms with van der Waals surface area (Å²) in [6.45, 7) is 8.05. The maximum atomic E-state index is 12.2. The first kappa shape index (κ1) is 13.3. The number of hydrogen-bond donors (Lipinski definition) is 1. The van der Waals surface area contributed by atoms with Gasteiger partial charge in [-0.1, -0.05) is 0 Å². The maximum Gasteiger partial charge on any atom is 0.320 e. The van der Waals surface area contributed by atoms with E-state index in [4.69, 9.17) is 0 Å². The smallest absolute Gasteiger partial charge is 0.320 e. The Hall–Kier alpha value is -0.770.